The van der Waals surface area contributed by atoms with Gasteiger partial charge in [0, 0.05) is 11.8 Å². The number of hydrogen-bond donors (Lipinski definition) is 3. The fraction of sp³-hybridized carbons (Fsp3) is 0.852. The van der Waals surface area contributed by atoms with Crippen molar-refractivity contribution in [3.63, 3.8) is 0 Å². The van der Waals surface area contributed by atoms with E-state index >= 15 is 0 Å². The summed E-state index contributed by atoms with van der Waals surface area (Å²) >= 11 is 1.48. The third-order valence-electron chi connectivity index (χ3n) is 8.75. The molecule has 0 aromatic heterocycles. The van der Waals surface area contributed by atoms with E-state index in [1.807, 2.05) is 0 Å². The molecule has 5 aliphatic rings. The fourth-order valence-corrected chi connectivity index (χ4v) is 7.07. The number of nitrogens with zero attached hydrogens (tertiary/aromatic N) is 1. The highest BCUT2D eigenvalue weighted by atomic mass is 32.2. The summed E-state index contributed by atoms with van der Waals surface area (Å²) in [4.78, 5) is 54.7. The standard InChI is InChI=1S/C27H42N4O5S/c32-23-22-13-8-16-31(22)24(33)21(28-26(35)36-19-10-6-7-11-19)12-5-3-1-2-4-9-18-17-27(18,29-23)25(34)30-37-20-14-15-20/h18-22H,1-17H2,(H,28,35)(H,29,32)(H,30,34)/t18-,21+,22+,27-/m1/s1. The zero-order chi connectivity index (χ0) is 25.8. The first kappa shape index (κ1) is 26.6. The van der Waals surface area contributed by atoms with Crippen LogP contribution in [0.2, 0.25) is 0 Å². The second-order valence-electron chi connectivity index (χ2n) is 11.7. The first-order chi connectivity index (χ1) is 18.0. The number of carbonyl (C=O) groups excluding carboxylic acids is 4. The molecule has 5 fully saturated rings. The molecule has 3 saturated carbocycles. The molecule has 0 radical (unpaired) electrons. The summed E-state index contributed by atoms with van der Waals surface area (Å²) < 4.78 is 8.59. The van der Waals surface area contributed by atoms with Crippen LogP contribution in [0.3, 0.4) is 0 Å². The molecule has 2 heterocycles. The third kappa shape index (κ3) is 6.55. The Morgan fingerprint density at radius 3 is 2.35 bits per heavy atom. The minimum atomic E-state index is -0.862. The topological polar surface area (TPSA) is 117 Å². The molecule has 0 aromatic rings. The highest BCUT2D eigenvalue weighted by Gasteiger charge is 2.61. The molecule has 3 N–H and O–H groups in total. The van der Waals surface area contributed by atoms with Crippen molar-refractivity contribution in [2.24, 2.45) is 5.92 Å². The van der Waals surface area contributed by atoms with Gasteiger partial charge in [-0.05, 0) is 88.5 Å². The molecule has 4 amide bonds. The minimum Gasteiger partial charge on any atom is -0.446 e. The van der Waals surface area contributed by atoms with Crippen molar-refractivity contribution >= 4 is 35.8 Å². The first-order valence-electron chi connectivity index (χ1n) is 14.5. The summed E-state index contributed by atoms with van der Waals surface area (Å²) in [6.07, 6.45) is 13.9. The van der Waals surface area contributed by atoms with Crippen LogP contribution < -0.4 is 15.4 Å². The zero-order valence-corrected chi connectivity index (χ0v) is 22.6. The summed E-state index contributed by atoms with van der Waals surface area (Å²) in [5.41, 5.74) is -0.862. The molecule has 5 rings (SSSR count). The van der Waals surface area contributed by atoms with Crippen molar-refractivity contribution in [2.45, 2.75) is 132 Å². The molecule has 2 saturated heterocycles. The molecule has 9 nitrogen and oxygen atoms in total. The zero-order valence-electron chi connectivity index (χ0n) is 21.8. The number of ether oxygens (including phenoxy) is 1. The molecule has 4 atom stereocenters. The van der Waals surface area contributed by atoms with Gasteiger partial charge >= 0.3 is 6.09 Å². The smallest absolute Gasteiger partial charge is 0.408 e. The predicted octanol–water partition coefficient (Wildman–Crippen LogP) is 3.56. The van der Waals surface area contributed by atoms with Crippen molar-refractivity contribution in [3.8, 4) is 0 Å². The van der Waals surface area contributed by atoms with Crippen LogP contribution in [-0.2, 0) is 19.1 Å². The highest BCUT2D eigenvalue weighted by Crippen LogP contribution is 2.48. The van der Waals surface area contributed by atoms with E-state index in [2.05, 4.69) is 15.4 Å². The summed E-state index contributed by atoms with van der Waals surface area (Å²) in [5.74, 6) is -0.419. The van der Waals surface area contributed by atoms with Crippen molar-refractivity contribution in [3.05, 3.63) is 0 Å². The molecular weight excluding hydrogens is 492 g/mol. The van der Waals surface area contributed by atoms with Crippen LogP contribution in [0, 0.1) is 5.92 Å². The third-order valence-corrected chi connectivity index (χ3v) is 9.86. The van der Waals surface area contributed by atoms with Gasteiger partial charge in [-0.3, -0.25) is 19.1 Å². The van der Waals surface area contributed by atoms with Gasteiger partial charge in [-0.15, -0.1) is 0 Å². The summed E-state index contributed by atoms with van der Waals surface area (Å²) in [6.45, 7) is 0.479. The number of carbonyl (C=O) groups is 4. The largest absolute Gasteiger partial charge is 0.446 e. The average Bonchev–Trinajstić information content (AvgIpc) is 3.69. The first-order valence-corrected chi connectivity index (χ1v) is 15.4. The molecule has 206 valence electrons. The molecule has 37 heavy (non-hydrogen) atoms. The van der Waals surface area contributed by atoms with Crippen molar-refractivity contribution in [1.29, 1.82) is 0 Å². The van der Waals surface area contributed by atoms with Crippen LogP contribution in [-0.4, -0.2) is 64.2 Å². The fourth-order valence-electron chi connectivity index (χ4n) is 6.25. The summed E-state index contributed by atoms with van der Waals surface area (Å²) in [7, 11) is 0. The maximum absolute atomic E-state index is 13.7. The molecular formula is C27H42N4O5S. The normalized spacial score (nSPS) is 33.4. The Morgan fingerprint density at radius 1 is 0.892 bits per heavy atom. The van der Waals surface area contributed by atoms with Gasteiger partial charge in [0.25, 0.3) is 5.91 Å². The van der Waals surface area contributed by atoms with Gasteiger partial charge in [-0.1, -0.05) is 32.1 Å². The lowest BCUT2D eigenvalue weighted by Crippen LogP contribution is -2.57. The highest BCUT2D eigenvalue weighted by molar-refractivity contribution is 7.98. The van der Waals surface area contributed by atoms with Gasteiger partial charge in [0.15, 0.2) is 0 Å². The summed E-state index contributed by atoms with van der Waals surface area (Å²) in [5, 5.41) is 6.44. The van der Waals surface area contributed by atoms with Gasteiger partial charge < -0.3 is 20.3 Å². The van der Waals surface area contributed by atoms with E-state index in [0.717, 1.165) is 83.5 Å². The molecule has 0 unspecified atom stereocenters. The Morgan fingerprint density at radius 2 is 1.59 bits per heavy atom. The van der Waals surface area contributed by atoms with Crippen LogP contribution in [0.15, 0.2) is 0 Å². The maximum Gasteiger partial charge on any atom is 0.408 e. The maximum atomic E-state index is 13.7. The van der Waals surface area contributed by atoms with E-state index in [1.54, 1.807) is 4.90 Å². The van der Waals surface area contributed by atoms with E-state index in [-0.39, 0.29) is 29.7 Å². The summed E-state index contributed by atoms with van der Waals surface area (Å²) in [6, 6.07) is -1.32. The number of hydrogen-bond acceptors (Lipinski definition) is 6. The van der Waals surface area contributed by atoms with Gasteiger partial charge in [0.1, 0.15) is 23.7 Å². The van der Waals surface area contributed by atoms with Gasteiger partial charge in [0.05, 0.1) is 0 Å². The molecule has 2 aliphatic heterocycles. The van der Waals surface area contributed by atoms with Gasteiger partial charge in [0.2, 0.25) is 11.8 Å². The Hall–Kier alpha value is -1.97. The SMILES string of the molecule is O=C(N[C@H]1CCCCCCC[C@@H]2C[C@@]2(C(=O)NSC2CC2)NC(=O)[C@@H]2CCCN2C1=O)OC1CCCC1. The minimum absolute atomic E-state index is 0.0745. The molecule has 0 aromatic carbocycles. The van der Waals surface area contributed by atoms with Crippen LogP contribution in [0.1, 0.15) is 103 Å². The number of nitrogens with one attached hydrogen (secondary N) is 3. The van der Waals surface area contributed by atoms with E-state index in [4.69, 9.17) is 4.74 Å². The quantitative estimate of drug-likeness (QED) is 0.465. The van der Waals surface area contributed by atoms with E-state index in [1.165, 1.54) is 11.9 Å². The van der Waals surface area contributed by atoms with Gasteiger partial charge in [-0.2, -0.15) is 0 Å². The molecule has 10 heteroatoms. The Bertz CT molecular complexity index is 877. The predicted molar refractivity (Wildman–Crippen MR) is 140 cm³/mol. The van der Waals surface area contributed by atoms with Crippen molar-refractivity contribution in [2.75, 3.05) is 6.54 Å². The molecule has 0 spiro atoms. The second-order valence-corrected chi connectivity index (χ2v) is 12.8. The number of fused-ring (bicyclic) bond motifs is 2. The lowest BCUT2D eigenvalue weighted by Gasteiger charge is -2.30. The Labute approximate surface area is 224 Å². The van der Waals surface area contributed by atoms with Gasteiger partial charge in [-0.25, -0.2) is 4.79 Å². The lowest BCUT2D eigenvalue weighted by atomic mass is 10.0. The van der Waals surface area contributed by atoms with Crippen molar-refractivity contribution in [1.82, 2.24) is 20.3 Å². The molecule has 3 aliphatic carbocycles. The van der Waals surface area contributed by atoms with Crippen LogP contribution in [0.5, 0.6) is 0 Å². The number of alkyl carbamates (subject to hydrolysis) is 1. The second kappa shape index (κ2) is 11.8. The average molecular weight is 535 g/mol. The Kier molecular flexibility index (Phi) is 8.51. The lowest BCUT2D eigenvalue weighted by molar-refractivity contribution is -0.141. The van der Waals surface area contributed by atoms with E-state index in [9.17, 15) is 19.2 Å². The van der Waals surface area contributed by atoms with Crippen LogP contribution >= 0.6 is 11.9 Å². The van der Waals surface area contributed by atoms with Crippen molar-refractivity contribution < 1.29 is 23.9 Å². The number of rotatable bonds is 5. The van der Waals surface area contributed by atoms with Crippen LogP contribution in [0.25, 0.3) is 0 Å². The monoisotopic (exact) mass is 534 g/mol. The number of amides is 4. The van der Waals surface area contributed by atoms with E-state index < -0.39 is 23.7 Å². The van der Waals surface area contributed by atoms with Crippen LogP contribution in [0.4, 0.5) is 4.79 Å². The Balaban J connectivity index is 1.28. The molecule has 0 bridgehead atoms. The van der Waals surface area contributed by atoms with E-state index in [0.29, 0.717) is 31.1 Å².